The number of unbranched alkanes of at least 4 members (excludes halogenated alkanes) is 27. The molecule has 3 atom stereocenters. The van der Waals surface area contributed by atoms with E-state index in [1.54, 1.807) is 0 Å². The first-order valence-electron chi connectivity index (χ1n) is 32.3. The second kappa shape index (κ2) is 58.8. The lowest BCUT2D eigenvalue weighted by Crippen LogP contribution is -2.46. The van der Waals surface area contributed by atoms with Crippen molar-refractivity contribution in [3.63, 3.8) is 0 Å². The fourth-order valence-corrected chi connectivity index (χ4v) is 9.78. The number of allylic oxidation sites excluding steroid dienone is 18. The standard InChI is InChI=1S/C69H123N2O6P/c1-6-8-10-12-14-16-18-20-22-23-24-25-26-27-28-29-30-31-32-33-34-35-36-37-38-39-40-41-42-43-44-45-46-47-49-51-53-55-57-59-61-63-69(73)70-67(66-77-78(74,75)76-65-64-71(3,4)5)68(72)62-60-58-56-54-52-50-48-21-19-17-15-13-11-9-7-2/h8,10,14,16,20,22,24-25,27-28,30-31,33-34,36-37,39-40,67-68,72H,6-7,9,11-13,15,17-19,21,23,26,29,32,35,38,41-66H2,1-5H3,(H-,70,73,74,75)/p+1/b10-8-,16-14-,22-20-,25-24-,28-27-,31-30-,34-33-,37-36-,40-39-. The second-order valence-corrected chi connectivity index (χ2v) is 24.2. The number of amides is 1. The molecule has 0 aliphatic heterocycles. The summed E-state index contributed by atoms with van der Waals surface area (Å²) < 4.78 is 23.8. The molecule has 1 amide bonds. The quantitative estimate of drug-likeness (QED) is 0.0243. The van der Waals surface area contributed by atoms with Gasteiger partial charge in [0.2, 0.25) is 5.91 Å². The second-order valence-electron chi connectivity index (χ2n) is 22.8. The topological polar surface area (TPSA) is 105 Å². The summed E-state index contributed by atoms with van der Waals surface area (Å²) in [5.74, 6) is -0.148. The van der Waals surface area contributed by atoms with Gasteiger partial charge in [-0.05, 0) is 83.5 Å². The molecule has 0 aromatic heterocycles. The number of aliphatic hydroxyl groups is 1. The number of rotatable bonds is 58. The molecular formula is C69H124N2O6P+. The van der Waals surface area contributed by atoms with Gasteiger partial charge in [0.25, 0.3) is 0 Å². The molecule has 9 heteroatoms. The van der Waals surface area contributed by atoms with Crippen LogP contribution in [0.2, 0.25) is 0 Å². The number of likely N-dealkylation sites (N-methyl/N-ethyl adjacent to an activating group) is 1. The van der Waals surface area contributed by atoms with Crippen LogP contribution in [0.25, 0.3) is 0 Å². The summed E-state index contributed by atoms with van der Waals surface area (Å²) in [4.78, 5) is 23.4. The molecule has 0 bridgehead atoms. The highest BCUT2D eigenvalue weighted by Crippen LogP contribution is 2.43. The Morgan fingerprint density at radius 3 is 1.13 bits per heavy atom. The van der Waals surface area contributed by atoms with Gasteiger partial charge in [0.05, 0.1) is 39.9 Å². The molecule has 0 saturated heterocycles. The van der Waals surface area contributed by atoms with E-state index in [1.165, 1.54) is 148 Å². The van der Waals surface area contributed by atoms with Gasteiger partial charge >= 0.3 is 7.82 Å². The Bertz CT molecular complexity index is 1640. The Kier molecular flexibility index (Phi) is 56.7. The third-order valence-electron chi connectivity index (χ3n) is 14.0. The van der Waals surface area contributed by atoms with Crippen LogP contribution in [0.3, 0.4) is 0 Å². The normalized spacial score (nSPS) is 14.5. The van der Waals surface area contributed by atoms with Crippen LogP contribution in [-0.2, 0) is 18.4 Å². The van der Waals surface area contributed by atoms with E-state index in [9.17, 15) is 19.4 Å². The Balaban J connectivity index is 4.01. The Morgan fingerprint density at radius 1 is 0.449 bits per heavy atom. The zero-order valence-corrected chi connectivity index (χ0v) is 52.3. The molecule has 0 saturated carbocycles. The fourth-order valence-electron chi connectivity index (χ4n) is 9.04. The molecule has 0 rings (SSSR count). The maximum Gasteiger partial charge on any atom is 0.472 e. The Morgan fingerprint density at radius 2 is 0.769 bits per heavy atom. The summed E-state index contributed by atoms with van der Waals surface area (Å²) in [7, 11) is 1.61. The average Bonchev–Trinajstić information content (AvgIpc) is 3.41. The third-order valence-corrected chi connectivity index (χ3v) is 15.0. The van der Waals surface area contributed by atoms with E-state index < -0.39 is 20.0 Å². The van der Waals surface area contributed by atoms with Crippen LogP contribution >= 0.6 is 7.82 Å². The molecule has 450 valence electrons. The third kappa shape index (κ3) is 60.8. The maximum atomic E-state index is 13.0. The highest BCUT2D eigenvalue weighted by Gasteiger charge is 2.28. The van der Waals surface area contributed by atoms with Crippen molar-refractivity contribution in [2.75, 3.05) is 40.9 Å². The van der Waals surface area contributed by atoms with Gasteiger partial charge in [-0.2, -0.15) is 0 Å². The molecule has 0 aliphatic carbocycles. The van der Waals surface area contributed by atoms with E-state index in [2.05, 4.69) is 129 Å². The van der Waals surface area contributed by atoms with Crippen molar-refractivity contribution in [2.24, 2.45) is 0 Å². The summed E-state index contributed by atoms with van der Waals surface area (Å²) in [5.41, 5.74) is 0. The lowest BCUT2D eigenvalue weighted by atomic mass is 10.0. The minimum atomic E-state index is -4.33. The zero-order chi connectivity index (χ0) is 57.0. The van der Waals surface area contributed by atoms with Crippen LogP contribution in [-0.4, -0.2) is 73.4 Å². The van der Waals surface area contributed by atoms with Crippen LogP contribution in [0.1, 0.15) is 271 Å². The molecule has 0 spiro atoms. The predicted molar refractivity (Wildman–Crippen MR) is 341 cm³/mol. The van der Waals surface area contributed by atoms with Crippen molar-refractivity contribution in [3.05, 3.63) is 109 Å². The summed E-state index contributed by atoms with van der Waals surface area (Å²) >= 11 is 0. The number of carbonyl (C=O) groups is 1. The lowest BCUT2D eigenvalue weighted by Gasteiger charge is -2.26. The molecule has 3 N–H and O–H groups in total. The average molecular weight is 1110 g/mol. The SMILES string of the molecule is CC/C=C\C/C=C\C/C=C\C/C=C\C/C=C\C/C=C\C/C=C\C/C=C\C/C=C\CCCCCCCCCCCCCCCC(=O)NC(COP(=O)(O)OCC[N+](C)(C)C)C(O)CCCCCCCCCCCCCCCCC. The van der Waals surface area contributed by atoms with Crippen molar-refractivity contribution in [1.29, 1.82) is 0 Å². The van der Waals surface area contributed by atoms with Crippen molar-refractivity contribution >= 4 is 13.7 Å². The lowest BCUT2D eigenvalue weighted by molar-refractivity contribution is -0.870. The number of carbonyl (C=O) groups excluding carboxylic acids is 1. The van der Waals surface area contributed by atoms with E-state index in [0.717, 1.165) is 96.3 Å². The molecule has 0 aromatic rings. The van der Waals surface area contributed by atoms with Gasteiger partial charge in [-0.15, -0.1) is 0 Å². The summed E-state index contributed by atoms with van der Waals surface area (Å²) in [6.45, 7) is 4.78. The van der Waals surface area contributed by atoms with Crippen molar-refractivity contribution in [2.45, 2.75) is 283 Å². The summed E-state index contributed by atoms with van der Waals surface area (Å²) in [5, 5.41) is 14.1. The van der Waals surface area contributed by atoms with Crippen LogP contribution in [0.5, 0.6) is 0 Å². The van der Waals surface area contributed by atoms with Gasteiger partial charge in [0.1, 0.15) is 13.2 Å². The highest BCUT2D eigenvalue weighted by atomic mass is 31.2. The Hall–Kier alpha value is -2.84. The zero-order valence-electron chi connectivity index (χ0n) is 51.4. The molecule has 0 radical (unpaired) electrons. The van der Waals surface area contributed by atoms with Crippen molar-refractivity contribution in [1.82, 2.24) is 5.32 Å². The van der Waals surface area contributed by atoms with Gasteiger partial charge in [0.15, 0.2) is 0 Å². The van der Waals surface area contributed by atoms with E-state index in [4.69, 9.17) is 9.05 Å². The number of nitrogens with one attached hydrogen (secondary N) is 1. The van der Waals surface area contributed by atoms with E-state index in [-0.39, 0.29) is 19.1 Å². The first kappa shape index (κ1) is 75.2. The van der Waals surface area contributed by atoms with Crippen LogP contribution in [0.15, 0.2) is 109 Å². The number of quaternary nitrogens is 1. The molecule has 0 aromatic carbocycles. The van der Waals surface area contributed by atoms with Gasteiger partial charge in [0, 0.05) is 6.42 Å². The largest absolute Gasteiger partial charge is 0.472 e. The summed E-state index contributed by atoms with van der Waals surface area (Å²) in [6, 6.07) is -0.767. The number of phosphoric ester groups is 1. The number of phosphoric acid groups is 1. The number of hydrogen-bond acceptors (Lipinski definition) is 5. The molecule has 8 nitrogen and oxygen atoms in total. The van der Waals surface area contributed by atoms with E-state index >= 15 is 0 Å². The molecule has 0 heterocycles. The van der Waals surface area contributed by atoms with E-state index in [0.29, 0.717) is 23.9 Å². The fraction of sp³-hybridized carbons (Fsp3) is 0.725. The van der Waals surface area contributed by atoms with Crippen molar-refractivity contribution in [3.8, 4) is 0 Å². The number of hydrogen-bond donors (Lipinski definition) is 3. The van der Waals surface area contributed by atoms with Gasteiger partial charge < -0.3 is 19.8 Å². The molecular weight excluding hydrogens is 984 g/mol. The molecule has 78 heavy (non-hydrogen) atoms. The first-order valence-corrected chi connectivity index (χ1v) is 33.7. The van der Waals surface area contributed by atoms with Gasteiger partial charge in [-0.1, -0.05) is 290 Å². The maximum absolute atomic E-state index is 13.0. The minimum absolute atomic E-state index is 0.0713. The smallest absolute Gasteiger partial charge is 0.391 e. The summed E-state index contributed by atoms with van der Waals surface area (Å²) in [6.07, 6.45) is 85.9. The monoisotopic (exact) mass is 1110 g/mol. The van der Waals surface area contributed by atoms with Crippen LogP contribution in [0, 0.1) is 0 Å². The van der Waals surface area contributed by atoms with Crippen LogP contribution < -0.4 is 5.32 Å². The minimum Gasteiger partial charge on any atom is -0.391 e. The van der Waals surface area contributed by atoms with Crippen LogP contribution in [0.4, 0.5) is 0 Å². The molecule has 0 fully saturated rings. The first-order chi connectivity index (χ1) is 38.0. The van der Waals surface area contributed by atoms with Gasteiger partial charge in [-0.25, -0.2) is 4.57 Å². The predicted octanol–water partition coefficient (Wildman–Crippen LogP) is 20.3. The molecule has 3 unspecified atom stereocenters. The number of aliphatic hydroxyl groups excluding tert-OH is 1. The number of nitrogens with zero attached hydrogens (tertiary/aromatic N) is 1. The van der Waals surface area contributed by atoms with Crippen molar-refractivity contribution < 1.29 is 32.9 Å². The highest BCUT2D eigenvalue weighted by molar-refractivity contribution is 7.47. The molecule has 0 aliphatic rings. The van der Waals surface area contributed by atoms with E-state index in [1.807, 2.05) is 21.1 Å². The van der Waals surface area contributed by atoms with Gasteiger partial charge in [-0.3, -0.25) is 13.8 Å². The Labute approximate surface area is 482 Å².